The molecule has 0 saturated heterocycles. The van der Waals surface area contributed by atoms with Crippen molar-refractivity contribution in [2.45, 2.75) is 6.42 Å². The third kappa shape index (κ3) is 2.51. The monoisotopic (exact) mass is 181 g/mol. The smallest absolute Gasteiger partial charge is 0.261 e. The molecule has 1 aromatic heterocycles. The average molecular weight is 181 g/mol. The molecule has 0 aromatic carbocycles. The molecule has 0 bridgehead atoms. The second-order valence-electron chi connectivity index (χ2n) is 2.31. The summed E-state index contributed by atoms with van der Waals surface area (Å²) in [4.78, 5) is 12.0. The Labute approximate surface area is 75.9 Å². The van der Waals surface area contributed by atoms with Gasteiger partial charge in [-0.3, -0.25) is 4.79 Å². The van der Waals surface area contributed by atoms with Gasteiger partial charge in [-0.2, -0.15) is 0 Å². The van der Waals surface area contributed by atoms with Gasteiger partial charge in [0.15, 0.2) is 0 Å². The number of rotatable bonds is 4. The van der Waals surface area contributed by atoms with Gasteiger partial charge in [0, 0.05) is 6.54 Å². The molecule has 0 spiro atoms. The lowest BCUT2D eigenvalue weighted by Crippen LogP contribution is -2.22. The van der Waals surface area contributed by atoms with E-state index in [4.69, 9.17) is 0 Å². The fraction of sp³-hybridized carbons (Fsp3) is 0.222. The van der Waals surface area contributed by atoms with Crippen LogP contribution < -0.4 is 5.32 Å². The van der Waals surface area contributed by atoms with Crippen LogP contribution in [0.5, 0.6) is 0 Å². The van der Waals surface area contributed by atoms with Gasteiger partial charge in [-0.1, -0.05) is 12.1 Å². The molecule has 0 radical (unpaired) electrons. The predicted molar refractivity (Wildman–Crippen MR) is 51.5 cm³/mol. The molecule has 1 heterocycles. The molecule has 0 aliphatic rings. The number of nitrogens with one attached hydrogen (secondary N) is 1. The lowest BCUT2D eigenvalue weighted by molar-refractivity contribution is 0.0958. The van der Waals surface area contributed by atoms with E-state index < -0.39 is 0 Å². The van der Waals surface area contributed by atoms with Crippen molar-refractivity contribution in [3.63, 3.8) is 0 Å². The van der Waals surface area contributed by atoms with Gasteiger partial charge in [-0.15, -0.1) is 17.9 Å². The summed E-state index contributed by atoms with van der Waals surface area (Å²) in [7, 11) is 0. The molecule has 1 N–H and O–H groups in total. The topological polar surface area (TPSA) is 29.1 Å². The highest BCUT2D eigenvalue weighted by Crippen LogP contribution is 2.07. The van der Waals surface area contributed by atoms with Crippen LogP contribution >= 0.6 is 11.3 Å². The van der Waals surface area contributed by atoms with Crippen LogP contribution in [0, 0.1) is 0 Å². The molecular weight excluding hydrogens is 170 g/mol. The Bertz CT molecular complexity index is 254. The molecule has 0 aliphatic heterocycles. The van der Waals surface area contributed by atoms with Crippen molar-refractivity contribution < 1.29 is 4.79 Å². The largest absolute Gasteiger partial charge is 0.351 e. The van der Waals surface area contributed by atoms with E-state index in [1.54, 1.807) is 6.08 Å². The van der Waals surface area contributed by atoms with Crippen molar-refractivity contribution in [2.24, 2.45) is 0 Å². The number of thiophene rings is 1. The first-order valence-corrected chi connectivity index (χ1v) is 4.65. The predicted octanol–water partition coefficient (Wildman–Crippen LogP) is 2.05. The summed E-state index contributed by atoms with van der Waals surface area (Å²) in [6.45, 7) is 4.24. The molecule has 12 heavy (non-hydrogen) atoms. The average Bonchev–Trinajstić information content (AvgIpc) is 2.56. The lowest BCUT2D eigenvalue weighted by Gasteiger charge is -1.99. The van der Waals surface area contributed by atoms with Crippen molar-refractivity contribution in [1.29, 1.82) is 0 Å². The molecule has 0 unspecified atom stereocenters. The summed E-state index contributed by atoms with van der Waals surface area (Å²) >= 11 is 1.45. The maximum Gasteiger partial charge on any atom is 0.261 e. The number of hydrogen-bond donors (Lipinski definition) is 1. The zero-order chi connectivity index (χ0) is 8.81. The Morgan fingerprint density at radius 3 is 3.17 bits per heavy atom. The molecule has 0 fully saturated rings. The van der Waals surface area contributed by atoms with Crippen molar-refractivity contribution >= 4 is 17.2 Å². The second kappa shape index (κ2) is 4.72. The SMILES string of the molecule is C=CCCNC(=O)c1cccs1. The van der Waals surface area contributed by atoms with E-state index in [2.05, 4.69) is 11.9 Å². The Kier molecular flexibility index (Phi) is 3.54. The molecule has 64 valence electrons. The summed E-state index contributed by atoms with van der Waals surface area (Å²) in [6, 6.07) is 3.68. The molecule has 3 heteroatoms. The van der Waals surface area contributed by atoms with Crippen LogP contribution in [0.4, 0.5) is 0 Å². The van der Waals surface area contributed by atoms with Gasteiger partial charge in [0.1, 0.15) is 0 Å². The summed E-state index contributed by atoms with van der Waals surface area (Å²) in [5, 5.41) is 4.68. The number of carbonyl (C=O) groups is 1. The van der Waals surface area contributed by atoms with Gasteiger partial charge in [0.2, 0.25) is 0 Å². The Balaban J connectivity index is 2.34. The van der Waals surface area contributed by atoms with Gasteiger partial charge in [0.25, 0.3) is 5.91 Å². The quantitative estimate of drug-likeness (QED) is 0.559. The molecule has 2 nitrogen and oxygen atoms in total. The molecule has 0 aliphatic carbocycles. The number of amides is 1. The number of carbonyl (C=O) groups excluding carboxylic acids is 1. The molecule has 1 rings (SSSR count). The van der Waals surface area contributed by atoms with Crippen molar-refractivity contribution in [3.05, 3.63) is 35.0 Å². The van der Waals surface area contributed by atoms with E-state index in [9.17, 15) is 4.79 Å². The minimum Gasteiger partial charge on any atom is -0.351 e. The molecule has 0 saturated carbocycles. The van der Waals surface area contributed by atoms with Gasteiger partial charge in [-0.25, -0.2) is 0 Å². The van der Waals surface area contributed by atoms with E-state index in [0.717, 1.165) is 11.3 Å². The maximum atomic E-state index is 11.2. The van der Waals surface area contributed by atoms with Crippen LogP contribution in [-0.4, -0.2) is 12.5 Å². The summed E-state index contributed by atoms with van der Waals surface area (Å²) in [6.07, 6.45) is 2.60. The van der Waals surface area contributed by atoms with Crippen LogP contribution in [0.1, 0.15) is 16.1 Å². The minimum atomic E-state index is 0.00634. The van der Waals surface area contributed by atoms with E-state index in [1.807, 2.05) is 17.5 Å². The lowest BCUT2D eigenvalue weighted by atomic mass is 10.4. The Hall–Kier alpha value is -1.09. The van der Waals surface area contributed by atoms with Crippen molar-refractivity contribution in [3.8, 4) is 0 Å². The van der Waals surface area contributed by atoms with Crippen molar-refractivity contribution in [2.75, 3.05) is 6.54 Å². The Morgan fingerprint density at radius 1 is 1.75 bits per heavy atom. The van der Waals surface area contributed by atoms with Crippen LogP contribution in [0.2, 0.25) is 0 Å². The highest BCUT2D eigenvalue weighted by atomic mass is 32.1. The van der Waals surface area contributed by atoms with Gasteiger partial charge >= 0.3 is 0 Å². The van der Waals surface area contributed by atoms with Crippen LogP contribution in [0.25, 0.3) is 0 Å². The van der Waals surface area contributed by atoms with Gasteiger partial charge in [-0.05, 0) is 17.9 Å². The fourth-order valence-corrected chi connectivity index (χ4v) is 1.42. The highest BCUT2D eigenvalue weighted by molar-refractivity contribution is 7.12. The van der Waals surface area contributed by atoms with Crippen LogP contribution in [0.3, 0.4) is 0 Å². The zero-order valence-electron chi connectivity index (χ0n) is 6.75. The first-order chi connectivity index (χ1) is 5.84. The zero-order valence-corrected chi connectivity index (χ0v) is 7.56. The minimum absolute atomic E-state index is 0.00634. The third-order valence-corrected chi connectivity index (χ3v) is 2.25. The molecule has 1 amide bonds. The number of hydrogen-bond acceptors (Lipinski definition) is 2. The summed E-state index contributed by atoms with van der Waals surface area (Å²) in [5.74, 6) is 0.00634. The molecule has 0 atom stereocenters. The first-order valence-electron chi connectivity index (χ1n) is 3.77. The first kappa shape index (κ1) is 9.00. The summed E-state index contributed by atoms with van der Waals surface area (Å²) in [5.41, 5.74) is 0. The van der Waals surface area contributed by atoms with Crippen molar-refractivity contribution in [1.82, 2.24) is 5.32 Å². The normalized spacial score (nSPS) is 9.33. The summed E-state index contributed by atoms with van der Waals surface area (Å²) < 4.78 is 0. The van der Waals surface area contributed by atoms with Gasteiger partial charge < -0.3 is 5.32 Å². The van der Waals surface area contributed by atoms with E-state index in [-0.39, 0.29) is 5.91 Å². The van der Waals surface area contributed by atoms with E-state index in [0.29, 0.717) is 6.54 Å². The maximum absolute atomic E-state index is 11.2. The molecule has 1 aromatic rings. The van der Waals surface area contributed by atoms with Crippen LogP contribution in [0.15, 0.2) is 30.2 Å². The third-order valence-electron chi connectivity index (χ3n) is 1.38. The van der Waals surface area contributed by atoms with E-state index in [1.165, 1.54) is 11.3 Å². The second-order valence-corrected chi connectivity index (χ2v) is 3.26. The standard InChI is InChI=1S/C9H11NOS/c1-2-3-6-10-9(11)8-5-4-7-12-8/h2,4-5,7H,1,3,6H2,(H,10,11). The fourth-order valence-electron chi connectivity index (χ4n) is 0.783. The highest BCUT2D eigenvalue weighted by Gasteiger charge is 2.03. The van der Waals surface area contributed by atoms with E-state index >= 15 is 0 Å². The van der Waals surface area contributed by atoms with Gasteiger partial charge in [0.05, 0.1) is 4.88 Å². The van der Waals surface area contributed by atoms with Crippen LogP contribution in [-0.2, 0) is 0 Å². The molecular formula is C9H11NOS. The Morgan fingerprint density at radius 2 is 2.58 bits per heavy atom.